The second-order valence-electron chi connectivity index (χ2n) is 6.31. The first-order valence-electron chi connectivity index (χ1n) is 8.38. The van der Waals surface area contributed by atoms with E-state index in [9.17, 15) is 26.0 Å². The van der Waals surface area contributed by atoms with Crippen molar-refractivity contribution in [1.82, 2.24) is 0 Å². The van der Waals surface area contributed by atoms with Gasteiger partial charge in [-0.1, -0.05) is 48.5 Å². The van der Waals surface area contributed by atoms with Crippen LogP contribution in [0.5, 0.6) is 5.75 Å². The Morgan fingerprint density at radius 1 is 0.724 bits per heavy atom. The highest BCUT2D eigenvalue weighted by atomic mass is 32.2. The summed E-state index contributed by atoms with van der Waals surface area (Å²) in [6.07, 6.45) is 0. The fourth-order valence-electron chi connectivity index (χ4n) is 3.23. The molecule has 0 aliphatic rings. The third-order valence-electron chi connectivity index (χ3n) is 4.48. The van der Waals surface area contributed by atoms with Gasteiger partial charge in [-0.15, -0.1) is 0 Å². The Balaban J connectivity index is 2.03. The minimum Gasteiger partial charge on any atom is -0.375 e. The van der Waals surface area contributed by atoms with Crippen LogP contribution in [0.15, 0.2) is 72.8 Å². The lowest BCUT2D eigenvalue weighted by molar-refractivity contribution is -0.0499. The molecule has 4 rings (SSSR count). The molecule has 148 valence electrons. The van der Waals surface area contributed by atoms with Crippen molar-refractivity contribution in [3.63, 3.8) is 0 Å². The Morgan fingerprint density at radius 2 is 1.34 bits per heavy atom. The molecule has 29 heavy (non-hydrogen) atoms. The van der Waals surface area contributed by atoms with Crippen LogP contribution in [0.2, 0.25) is 0 Å². The first-order chi connectivity index (χ1) is 13.7. The van der Waals surface area contributed by atoms with Crippen molar-refractivity contribution in [2.75, 3.05) is 0 Å². The van der Waals surface area contributed by atoms with Gasteiger partial charge >= 0.3 is 15.6 Å². The van der Waals surface area contributed by atoms with Gasteiger partial charge in [0.25, 0.3) is 0 Å². The van der Waals surface area contributed by atoms with Crippen molar-refractivity contribution in [1.29, 1.82) is 0 Å². The maximum atomic E-state index is 14.0. The summed E-state index contributed by atoms with van der Waals surface area (Å²) in [5.74, 6) is -1.35. The van der Waals surface area contributed by atoms with Crippen molar-refractivity contribution in [3.05, 3.63) is 78.6 Å². The third-order valence-corrected chi connectivity index (χ3v) is 5.45. The molecule has 0 saturated carbocycles. The summed E-state index contributed by atoms with van der Waals surface area (Å²) in [5, 5.41) is 3.06. The molecule has 0 radical (unpaired) electrons. The summed E-state index contributed by atoms with van der Waals surface area (Å²) < 4.78 is 79.8. The van der Waals surface area contributed by atoms with Gasteiger partial charge in [0, 0.05) is 5.56 Å². The second-order valence-corrected chi connectivity index (χ2v) is 7.85. The lowest BCUT2D eigenvalue weighted by Gasteiger charge is -2.16. The Labute approximate surface area is 163 Å². The molecule has 0 unspecified atom stereocenters. The lowest BCUT2D eigenvalue weighted by Crippen LogP contribution is -2.28. The standard InChI is InChI=1S/C21H12F4O3S/c22-14-9-10-20(28-29(26,27)21(23,24)25)19(12-14)18-11-13-5-1-2-6-15(13)16-7-3-4-8-17(16)18/h1-12H. The van der Waals surface area contributed by atoms with Crippen LogP contribution in [-0.4, -0.2) is 13.9 Å². The lowest BCUT2D eigenvalue weighted by atomic mass is 9.93. The zero-order valence-electron chi connectivity index (χ0n) is 14.6. The zero-order chi connectivity index (χ0) is 20.8. The fraction of sp³-hybridized carbons (Fsp3) is 0.0476. The Bertz CT molecular complexity index is 1350. The van der Waals surface area contributed by atoms with E-state index in [-0.39, 0.29) is 5.56 Å². The van der Waals surface area contributed by atoms with Crippen LogP contribution in [0, 0.1) is 5.82 Å². The highest BCUT2D eigenvalue weighted by Gasteiger charge is 2.48. The summed E-state index contributed by atoms with van der Waals surface area (Å²) >= 11 is 0. The molecule has 4 aromatic rings. The summed E-state index contributed by atoms with van der Waals surface area (Å²) in [7, 11) is -5.91. The Hall–Kier alpha value is -3.13. The fourth-order valence-corrected chi connectivity index (χ4v) is 3.70. The number of halogens is 4. The van der Waals surface area contributed by atoms with E-state index in [2.05, 4.69) is 4.18 Å². The molecule has 0 fully saturated rings. The molecule has 0 atom stereocenters. The van der Waals surface area contributed by atoms with E-state index in [1.807, 2.05) is 18.2 Å². The van der Waals surface area contributed by atoms with E-state index < -0.39 is 27.2 Å². The summed E-state index contributed by atoms with van der Waals surface area (Å²) in [5.41, 5.74) is -5.35. The molecule has 0 aliphatic carbocycles. The van der Waals surface area contributed by atoms with Crippen molar-refractivity contribution in [3.8, 4) is 16.9 Å². The number of rotatable bonds is 3. The zero-order valence-corrected chi connectivity index (χ0v) is 15.4. The first-order valence-corrected chi connectivity index (χ1v) is 9.79. The Morgan fingerprint density at radius 3 is 2.03 bits per heavy atom. The minimum atomic E-state index is -5.91. The van der Waals surface area contributed by atoms with Gasteiger partial charge in [0.1, 0.15) is 5.82 Å². The molecule has 0 bridgehead atoms. The molecule has 8 heteroatoms. The van der Waals surface area contributed by atoms with Gasteiger partial charge in [-0.25, -0.2) is 4.39 Å². The maximum absolute atomic E-state index is 14.0. The average molecular weight is 420 g/mol. The number of benzene rings is 4. The first kappa shape index (κ1) is 19.2. The van der Waals surface area contributed by atoms with E-state index in [0.717, 1.165) is 34.4 Å². The van der Waals surface area contributed by atoms with Crippen molar-refractivity contribution < 1.29 is 30.2 Å². The van der Waals surface area contributed by atoms with Crippen LogP contribution in [0.25, 0.3) is 32.7 Å². The largest absolute Gasteiger partial charge is 0.534 e. The quantitative estimate of drug-likeness (QED) is 0.176. The molecule has 0 saturated heterocycles. The highest BCUT2D eigenvalue weighted by Crippen LogP contribution is 2.40. The molecule has 0 N–H and O–H groups in total. The number of hydrogen-bond acceptors (Lipinski definition) is 3. The SMILES string of the molecule is O=S(=O)(Oc1ccc(F)cc1-c1cc2ccccc2c2ccccc12)C(F)(F)F. The predicted molar refractivity (Wildman–Crippen MR) is 102 cm³/mol. The van der Waals surface area contributed by atoms with Gasteiger partial charge in [-0.3, -0.25) is 0 Å². The molecular weight excluding hydrogens is 408 g/mol. The van der Waals surface area contributed by atoms with Gasteiger partial charge in [-0.05, 0) is 51.4 Å². The van der Waals surface area contributed by atoms with Gasteiger partial charge in [-0.2, -0.15) is 21.6 Å². The van der Waals surface area contributed by atoms with E-state index in [1.165, 1.54) is 0 Å². The number of fused-ring (bicyclic) bond motifs is 3. The van der Waals surface area contributed by atoms with Crippen molar-refractivity contribution in [2.45, 2.75) is 5.51 Å². The molecule has 0 aromatic heterocycles. The normalized spacial score (nSPS) is 12.4. The van der Waals surface area contributed by atoms with Crippen LogP contribution in [-0.2, 0) is 10.1 Å². The highest BCUT2D eigenvalue weighted by molar-refractivity contribution is 7.88. The van der Waals surface area contributed by atoms with E-state index >= 15 is 0 Å². The van der Waals surface area contributed by atoms with Gasteiger partial charge in [0.05, 0.1) is 0 Å². The Kier molecular flexibility index (Phi) is 4.46. The molecule has 4 aromatic carbocycles. The van der Waals surface area contributed by atoms with Crippen molar-refractivity contribution >= 4 is 31.7 Å². The van der Waals surface area contributed by atoms with Gasteiger partial charge in [0.2, 0.25) is 0 Å². The van der Waals surface area contributed by atoms with Crippen LogP contribution in [0.4, 0.5) is 17.6 Å². The van der Waals surface area contributed by atoms with Crippen LogP contribution < -0.4 is 4.18 Å². The molecule has 0 amide bonds. The summed E-state index contributed by atoms with van der Waals surface area (Å²) in [4.78, 5) is 0. The summed E-state index contributed by atoms with van der Waals surface area (Å²) in [6, 6.07) is 18.7. The number of alkyl halides is 3. The van der Waals surface area contributed by atoms with Gasteiger partial charge in [0.15, 0.2) is 5.75 Å². The van der Waals surface area contributed by atoms with Gasteiger partial charge < -0.3 is 4.18 Å². The van der Waals surface area contributed by atoms with E-state index in [0.29, 0.717) is 10.9 Å². The van der Waals surface area contributed by atoms with E-state index in [1.54, 1.807) is 36.4 Å². The predicted octanol–water partition coefficient (Wildman–Crippen LogP) is 6.03. The van der Waals surface area contributed by atoms with Crippen LogP contribution in [0.3, 0.4) is 0 Å². The molecular formula is C21H12F4O3S. The molecule has 0 heterocycles. The second kappa shape index (κ2) is 6.73. The smallest absolute Gasteiger partial charge is 0.375 e. The number of hydrogen-bond donors (Lipinski definition) is 0. The summed E-state index contributed by atoms with van der Waals surface area (Å²) in [6.45, 7) is 0. The van der Waals surface area contributed by atoms with E-state index in [4.69, 9.17) is 0 Å². The van der Waals surface area contributed by atoms with Crippen molar-refractivity contribution in [2.24, 2.45) is 0 Å². The minimum absolute atomic E-state index is 0.0974. The van der Waals surface area contributed by atoms with Crippen LogP contribution in [0.1, 0.15) is 0 Å². The third kappa shape index (κ3) is 3.40. The van der Waals surface area contributed by atoms with Crippen LogP contribution >= 0.6 is 0 Å². The average Bonchev–Trinajstić information content (AvgIpc) is 2.68. The molecule has 0 spiro atoms. The topological polar surface area (TPSA) is 43.4 Å². The maximum Gasteiger partial charge on any atom is 0.534 e. The molecule has 0 aliphatic heterocycles. The molecule has 3 nitrogen and oxygen atoms in total. The monoisotopic (exact) mass is 420 g/mol.